The average molecular weight is 592 g/mol. The lowest BCUT2D eigenvalue weighted by Crippen LogP contribution is -2.57. The summed E-state index contributed by atoms with van der Waals surface area (Å²) in [6.45, 7) is 11.9. The minimum atomic E-state index is -1.16. The number of carbonyl (C=O) groups excluding carboxylic acids is 4. The summed E-state index contributed by atoms with van der Waals surface area (Å²) in [7, 11) is 0. The van der Waals surface area contributed by atoms with Gasteiger partial charge in [0, 0.05) is 19.9 Å². The number of carboxylic acid groups (broad SMARTS) is 1. The van der Waals surface area contributed by atoms with Crippen LogP contribution in [0.4, 0.5) is 0 Å². The maximum atomic E-state index is 13.1. The van der Waals surface area contributed by atoms with Crippen molar-refractivity contribution in [2.24, 2.45) is 11.8 Å². The number of hydrogen-bond donors (Lipinski definition) is 7. The highest BCUT2D eigenvalue weighted by molar-refractivity contribution is 5.92. The molecule has 0 spiro atoms. The van der Waals surface area contributed by atoms with Crippen molar-refractivity contribution in [1.82, 2.24) is 26.6 Å². The van der Waals surface area contributed by atoms with E-state index in [1.807, 2.05) is 58.0 Å². The van der Waals surface area contributed by atoms with E-state index in [9.17, 15) is 29.1 Å². The summed E-state index contributed by atoms with van der Waals surface area (Å²) in [5.74, 6) is -2.83. The number of benzene rings is 1. The Morgan fingerprint density at radius 1 is 0.714 bits per heavy atom. The third-order valence-corrected chi connectivity index (χ3v) is 6.57. The van der Waals surface area contributed by atoms with E-state index in [0.717, 1.165) is 5.56 Å². The first-order chi connectivity index (χ1) is 19.6. The zero-order valence-electron chi connectivity index (χ0n) is 25.8. The highest BCUT2D eigenvalue weighted by atomic mass is 16.4. The van der Waals surface area contributed by atoms with Gasteiger partial charge >= 0.3 is 5.97 Å². The molecule has 0 aliphatic carbocycles. The van der Waals surface area contributed by atoms with Gasteiger partial charge in [0.25, 0.3) is 0 Å². The van der Waals surface area contributed by atoms with Crippen LogP contribution in [-0.4, -0.2) is 82.7 Å². The van der Waals surface area contributed by atoms with E-state index in [2.05, 4.69) is 26.6 Å². The predicted octanol–water partition coefficient (Wildman–Crippen LogP) is 0.724. The predicted molar refractivity (Wildman–Crippen MR) is 159 cm³/mol. The third-order valence-electron chi connectivity index (χ3n) is 6.57. The molecule has 0 heterocycles. The molecule has 12 nitrogen and oxygen atoms in total. The molecule has 42 heavy (non-hydrogen) atoms. The lowest BCUT2D eigenvalue weighted by molar-refractivity contribution is -0.141. The lowest BCUT2D eigenvalue weighted by atomic mass is 9.97. The number of aliphatic hydroxyl groups is 1. The maximum Gasteiger partial charge on any atom is 0.325 e. The first-order valence-corrected chi connectivity index (χ1v) is 14.5. The number of hydrogen-bond acceptors (Lipinski definition) is 7. The minimum absolute atomic E-state index is 0.0354. The van der Waals surface area contributed by atoms with Crippen LogP contribution in [0, 0.1) is 11.8 Å². The van der Waals surface area contributed by atoms with Gasteiger partial charge < -0.3 is 36.8 Å². The van der Waals surface area contributed by atoms with Gasteiger partial charge in [-0.2, -0.15) is 0 Å². The monoisotopic (exact) mass is 591 g/mol. The molecule has 4 amide bonds. The number of aliphatic carboxylic acids is 1. The van der Waals surface area contributed by atoms with Crippen molar-refractivity contribution < 1.29 is 34.2 Å². The Hall–Kier alpha value is -3.51. The third kappa shape index (κ3) is 13.9. The van der Waals surface area contributed by atoms with Crippen molar-refractivity contribution in [3.05, 3.63) is 35.9 Å². The summed E-state index contributed by atoms with van der Waals surface area (Å²) in [4.78, 5) is 61.7. The van der Waals surface area contributed by atoms with Crippen molar-refractivity contribution in [2.45, 2.75) is 104 Å². The van der Waals surface area contributed by atoms with E-state index in [4.69, 9.17) is 5.11 Å². The molecule has 1 aromatic carbocycles. The van der Waals surface area contributed by atoms with E-state index in [0.29, 0.717) is 12.8 Å². The molecule has 6 atom stereocenters. The van der Waals surface area contributed by atoms with E-state index in [1.54, 1.807) is 0 Å². The fourth-order valence-electron chi connectivity index (χ4n) is 4.35. The second-order valence-electron chi connectivity index (χ2n) is 11.6. The van der Waals surface area contributed by atoms with Crippen molar-refractivity contribution in [2.75, 3.05) is 6.54 Å². The van der Waals surface area contributed by atoms with Crippen molar-refractivity contribution in [3.63, 3.8) is 0 Å². The summed E-state index contributed by atoms with van der Waals surface area (Å²) >= 11 is 0. The summed E-state index contributed by atoms with van der Waals surface area (Å²) in [6, 6.07) is 4.84. The summed E-state index contributed by atoms with van der Waals surface area (Å²) < 4.78 is 0. The molecule has 0 saturated carbocycles. The Balaban J connectivity index is 2.89. The summed E-state index contributed by atoms with van der Waals surface area (Å²) in [5, 5.41) is 33.7. The molecule has 12 heteroatoms. The molecule has 0 bridgehead atoms. The molecule has 0 aliphatic heterocycles. The zero-order chi connectivity index (χ0) is 32.0. The van der Waals surface area contributed by atoms with Gasteiger partial charge in [0.2, 0.25) is 23.6 Å². The first-order valence-electron chi connectivity index (χ1n) is 14.5. The van der Waals surface area contributed by atoms with Gasteiger partial charge in [0.1, 0.15) is 18.1 Å². The van der Waals surface area contributed by atoms with Gasteiger partial charge in [-0.25, -0.2) is 0 Å². The second kappa shape index (κ2) is 18.1. The van der Waals surface area contributed by atoms with Crippen LogP contribution in [0.3, 0.4) is 0 Å². The van der Waals surface area contributed by atoms with Crippen LogP contribution < -0.4 is 26.6 Å². The fraction of sp³-hybridized carbons (Fsp3) is 0.633. The number of nitrogens with one attached hydrogen (secondary N) is 5. The second-order valence-corrected chi connectivity index (χ2v) is 11.6. The van der Waals surface area contributed by atoms with Crippen molar-refractivity contribution in [3.8, 4) is 0 Å². The largest absolute Gasteiger partial charge is 0.480 e. The van der Waals surface area contributed by atoms with Crippen LogP contribution in [0.2, 0.25) is 0 Å². The van der Waals surface area contributed by atoms with Crippen LogP contribution in [0.15, 0.2) is 30.3 Å². The van der Waals surface area contributed by atoms with E-state index in [1.165, 1.54) is 20.8 Å². The zero-order valence-corrected chi connectivity index (χ0v) is 25.8. The van der Waals surface area contributed by atoms with Crippen LogP contribution >= 0.6 is 0 Å². The number of amides is 4. The smallest absolute Gasteiger partial charge is 0.325 e. The molecule has 0 saturated heterocycles. The van der Waals surface area contributed by atoms with Crippen molar-refractivity contribution in [1.29, 1.82) is 0 Å². The molecular formula is C30H49N5O7. The number of aliphatic hydroxyl groups excluding tert-OH is 1. The molecular weight excluding hydrogens is 542 g/mol. The Morgan fingerprint density at radius 3 is 1.79 bits per heavy atom. The van der Waals surface area contributed by atoms with Crippen LogP contribution in [0.25, 0.3) is 0 Å². The van der Waals surface area contributed by atoms with Crippen LogP contribution in [0.5, 0.6) is 0 Å². The Morgan fingerprint density at radius 2 is 1.26 bits per heavy atom. The summed E-state index contributed by atoms with van der Waals surface area (Å²) in [5.41, 5.74) is 0.845. The molecule has 2 unspecified atom stereocenters. The molecule has 0 radical (unpaired) electrons. The Bertz CT molecular complexity index is 1030. The molecule has 236 valence electrons. The topological polar surface area (TPSA) is 186 Å². The van der Waals surface area contributed by atoms with Crippen LogP contribution in [-0.2, 0) is 30.4 Å². The van der Waals surface area contributed by atoms with E-state index >= 15 is 0 Å². The van der Waals surface area contributed by atoms with Gasteiger partial charge in [0.15, 0.2) is 0 Å². The van der Waals surface area contributed by atoms with Gasteiger partial charge in [-0.3, -0.25) is 24.0 Å². The maximum absolute atomic E-state index is 13.1. The Labute approximate surface area is 248 Å². The van der Waals surface area contributed by atoms with Gasteiger partial charge in [0.05, 0.1) is 18.2 Å². The average Bonchev–Trinajstić information content (AvgIpc) is 2.89. The SMILES string of the molecule is CC(=O)N[C@@H](Cc1ccccc1)C(=O)N[C@@H](C)C(=O)NC(CC(C)C)C(O)CN[C@@H](CC(C)C)C(=O)N[C@@H](C)C(=O)O. The highest BCUT2D eigenvalue weighted by Gasteiger charge is 2.29. The normalized spacial score (nSPS) is 15.6. The van der Waals surface area contributed by atoms with E-state index in [-0.39, 0.29) is 30.7 Å². The van der Waals surface area contributed by atoms with Gasteiger partial charge in [-0.1, -0.05) is 58.0 Å². The molecule has 0 aliphatic rings. The highest BCUT2D eigenvalue weighted by Crippen LogP contribution is 2.11. The number of carbonyl (C=O) groups is 5. The lowest BCUT2D eigenvalue weighted by Gasteiger charge is -2.29. The molecule has 7 N–H and O–H groups in total. The first kappa shape index (κ1) is 36.5. The van der Waals surface area contributed by atoms with Gasteiger partial charge in [-0.05, 0) is 44.1 Å². The molecule has 0 aromatic heterocycles. The quantitative estimate of drug-likeness (QED) is 0.130. The standard InChI is InChI=1S/C30H49N5O7/c1-17(2)13-23(26(37)16-31-24(14-18(3)4)28(39)33-20(6)30(41)42)35-27(38)19(5)32-29(40)25(34-21(7)36)15-22-11-9-8-10-12-22/h8-12,17-20,23-26,31,37H,13-16H2,1-7H3,(H,32,40)(H,33,39)(H,34,36)(H,35,38)(H,41,42)/t19-,20-,23?,24-,25-,26?/m0/s1. The number of rotatable bonds is 18. The van der Waals surface area contributed by atoms with Gasteiger partial charge in [-0.15, -0.1) is 0 Å². The number of carboxylic acids is 1. The fourth-order valence-corrected chi connectivity index (χ4v) is 4.35. The molecule has 1 aromatic rings. The molecule has 0 fully saturated rings. The Kier molecular flexibility index (Phi) is 15.8. The van der Waals surface area contributed by atoms with E-state index < -0.39 is 60.0 Å². The molecule has 1 rings (SSSR count). The van der Waals surface area contributed by atoms with Crippen molar-refractivity contribution >= 4 is 29.6 Å². The van der Waals surface area contributed by atoms with Crippen LogP contribution in [0.1, 0.15) is 66.9 Å². The summed E-state index contributed by atoms with van der Waals surface area (Å²) in [6.07, 6.45) is 0.00333. The minimum Gasteiger partial charge on any atom is -0.480 e.